The van der Waals surface area contributed by atoms with Crippen molar-refractivity contribution in [1.29, 1.82) is 0 Å². The van der Waals surface area contributed by atoms with Crippen LogP contribution in [0.5, 0.6) is 11.5 Å². The van der Waals surface area contributed by atoms with E-state index >= 15 is 0 Å². The van der Waals surface area contributed by atoms with Gasteiger partial charge in [0.25, 0.3) is 0 Å². The number of carbonyl (C=O) groups excluding carboxylic acids is 1. The number of aromatic nitrogens is 2. The predicted octanol–water partition coefficient (Wildman–Crippen LogP) is 5.17. The third-order valence-corrected chi connectivity index (χ3v) is 4.87. The molecule has 0 bridgehead atoms. The van der Waals surface area contributed by atoms with E-state index in [4.69, 9.17) is 14.0 Å². The number of hydrogen-bond donors (Lipinski definition) is 0. The first-order valence-electron chi connectivity index (χ1n) is 9.86. The van der Waals surface area contributed by atoms with E-state index in [1.807, 2.05) is 49.4 Å². The van der Waals surface area contributed by atoms with Gasteiger partial charge < -0.3 is 14.0 Å². The molecule has 0 aliphatic carbocycles. The Morgan fingerprint density at radius 2 is 1.71 bits per heavy atom. The van der Waals surface area contributed by atoms with Gasteiger partial charge in [-0.2, -0.15) is 4.98 Å². The monoisotopic (exact) mass is 414 g/mol. The molecule has 4 aromatic rings. The third-order valence-electron chi connectivity index (χ3n) is 4.87. The van der Waals surface area contributed by atoms with Crippen LogP contribution in [-0.4, -0.2) is 23.0 Å². The largest absolute Gasteiger partial charge is 0.493 e. The van der Waals surface area contributed by atoms with Crippen molar-refractivity contribution in [3.05, 3.63) is 94.9 Å². The van der Waals surface area contributed by atoms with Gasteiger partial charge in [-0.25, -0.2) is 0 Å². The minimum absolute atomic E-state index is 0.162. The number of methoxy groups -OCH3 is 1. The molecule has 0 spiro atoms. The van der Waals surface area contributed by atoms with Gasteiger partial charge >= 0.3 is 0 Å². The molecule has 1 heterocycles. The van der Waals surface area contributed by atoms with Crippen molar-refractivity contribution in [2.24, 2.45) is 0 Å². The fourth-order valence-corrected chi connectivity index (χ4v) is 3.21. The normalized spacial score (nSPS) is 10.7. The van der Waals surface area contributed by atoms with Crippen molar-refractivity contribution in [1.82, 2.24) is 10.1 Å². The maximum absolute atomic E-state index is 13.4. The second-order valence-corrected chi connectivity index (χ2v) is 7.16. The molecule has 6 nitrogen and oxygen atoms in total. The van der Waals surface area contributed by atoms with Crippen molar-refractivity contribution in [2.45, 2.75) is 20.5 Å². The molecule has 3 aromatic carbocycles. The first-order chi connectivity index (χ1) is 15.0. The first-order valence-corrected chi connectivity index (χ1v) is 9.86. The van der Waals surface area contributed by atoms with E-state index in [-0.39, 0.29) is 5.78 Å². The highest BCUT2D eigenvalue weighted by Crippen LogP contribution is 2.36. The van der Waals surface area contributed by atoms with Gasteiger partial charge in [0, 0.05) is 23.6 Å². The van der Waals surface area contributed by atoms with Gasteiger partial charge in [-0.3, -0.25) is 4.79 Å². The average molecular weight is 414 g/mol. The SMILES string of the molecule is COc1cc(-c2noc(C)n2)c(C(=O)c2ccc(C)cc2)cc1OCc1ccccc1. The van der Waals surface area contributed by atoms with Crippen LogP contribution in [0.15, 0.2) is 71.3 Å². The van der Waals surface area contributed by atoms with Crippen molar-refractivity contribution in [3.8, 4) is 22.9 Å². The molecule has 0 aliphatic heterocycles. The summed E-state index contributed by atoms with van der Waals surface area (Å²) in [6.07, 6.45) is 0. The minimum Gasteiger partial charge on any atom is -0.493 e. The summed E-state index contributed by atoms with van der Waals surface area (Å²) < 4.78 is 16.7. The molecule has 156 valence electrons. The van der Waals surface area contributed by atoms with E-state index in [0.29, 0.717) is 46.5 Å². The zero-order chi connectivity index (χ0) is 21.8. The van der Waals surface area contributed by atoms with E-state index in [9.17, 15) is 4.79 Å². The molecule has 0 fully saturated rings. The summed E-state index contributed by atoms with van der Waals surface area (Å²) in [5, 5.41) is 4.00. The summed E-state index contributed by atoms with van der Waals surface area (Å²) in [6, 6.07) is 20.6. The van der Waals surface area contributed by atoms with Crippen LogP contribution in [0.25, 0.3) is 11.4 Å². The number of ketones is 1. The van der Waals surface area contributed by atoms with Crippen LogP contribution in [0, 0.1) is 13.8 Å². The topological polar surface area (TPSA) is 74.5 Å². The van der Waals surface area contributed by atoms with E-state index in [1.54, 1.807) is 38.3 Å². The number of nitrogens with zero attached hydrogens (tertiary/aromatic N) is 2. The second-order valence-electron chi connectivity index (χ2n) is 7.16. The smallest absolute Gasteiger partial charge is 0.223 e. The zero-order valence-electron chi connectivity index (χ0n) is 17.6. The van der Waals surface area contributed by atoms with Crippen LogP contribution < -0.4 is 9.47 Å². The van der Waals surface area contributed by atoms with Crippen molar-refractivity contribution < 1.29 is 18.8 Å². The molecule has 0 aliphatic rings. The molecular weight excluding hydrogens is 392 g/mol. The van der Waals surface area contributed by atoms with Crippen molar-refractivity contribution in [3.63, 3.8) is 0 Å². The van der Waals surface area contributed by atoms with Crippen LogP contribution in [-0.2, 0) is 6.61 Å². The number of aryl methyl sites for hydroxylation is 2. The minimum atomic E-state index is -0.162. The molecule has 1 aromatic heterocycles. The lowest BCUT2D eigenvalue weighted by Gasteiger charge is -2.15. The molecule has 0 unspecified atom stereocenters. The second kappa shape index (κ2) is 8.83. The van der Waals surface area contributed by atoms with Gasteiger partial charge in [0.05, 0.1) is 7.11 Å². The summed E-state index contributed by atoms with van der Waals surface area (Å²) in [4.78, 5) is 17.7. The molecule has 31 heavy (non-hydrogen) atoms. The molecule has 0 atom stereocenters. The Bertz CT molecular complexity index is 1200. The summed E-state index contributed by atoms with van der Waals surface area (Å²) in [5.41, 5.74) is 3.58. The van der Waals surface area contributed by atoms with Gasteiger partial charge in [0.2, 0.25) is 11.7 Å². The highest BCUT2D eigenvalue weighted by atomic mass is 16.5. The fraction of sp³-hybridized carbons (Fsp3) is 0.160. The Balaban J connectivity index is 1.78. The van der Waals surface area contributed by atoms with Gasteiger partial charge in [0.1, 0.15) is 6.61 Å². The lowest BCUT2D eigenvalue weighted by molar-refractivity contribution is 0.103. The van der Waals surface area contributed by atoms with Crippen molar-refractivity contribution >= 4 is 5.78 Å². The van der Waals surface area contributed by atoms with Crippen LogP contribution >= 0.6 is 0 Å². The summed E-state index contributed by atoms with van der Waals surface area (Å²) in [5.74, 6) is 1.51. The molecule has 6 heteroatoms. The summed E-state index contributed by atoms with van der Waals surface area (Å²) in [6.45, 7) is 4.02. The standard InChI is InChI=1S/C25H22N2O4/c1-16-9-11-19(12-10-16)24(28)20-13-23(30-15-18-7-5-4-6-8-18)22(29-3)14-21(20)25-26-17(2)31-27-25/h4-14H,15H2,1-3H3. The Hall–Kier alpha value is -3.93. The van der Waals surface area contributed by atoms with Gasteiger partial charge in [0.15, 0.2) is 17.3 Å². The van der Waals surface area contributed by atoms with E-state index in [0.717, 1.165) is 11.1 Å². The number of rotatable bonds is 7. The van der Waals surface area contributed by atoms with Crippen LogP contribution in [0.2, 0.25) is 0 Å². The Labute approximate surface area is 180 Å². The molecular formula is C25H22N2O4. The zero-order valence-corrected chi connectivity index (χ0v) is 17.6. The highest BCUT2D eigenvalue weighted by molar-refractivity contribution is 6.13. The number of benzene rings is 3. The predicted molar refractivity (Wildman–Crippen MR) is 116 cm³/mol. The Morgan fingerprint density at radius 3 is 2.35 bits per heavy atom. The lowest BCUT2D eigenvalue weighted by Crippen LogP contribution is -2.07. The Kier molecular flexibility index (Phi) is 5.80. The van der Waals surface area contributed by atoms with E-state index in [1.165, 1.54) is 0 Å². The maximum atomic E-state index is 13.4. The van der Waals surface area contributed by atoms with Gasteiger partial charge in [-0.05, 0) is 24.6 Å². The van der Waals surface area contributed by atoms with Crippen LogP contribution in [0.4, 0.5) is 0 Å². The molecule has 0 saturated carbocycles. The summed E-state index contributed by atoms with van der Waals surface area (Å²) in [7, 11) is 1.55. The van der Waals surface area contributed by atoms with Crippen molar-refractivity contribution in [2.75, 3.05) is 7.11 Å². The van der Waals surface area contributed by atoms with Crippen LogP contribution in [0.3, 0.4) is 0 Å². The molecule has 0 N–H and O–H groups in total. The van der Waals surface area contributed by atoms with E-state index in [2.05, 4.69) is 10.1 Å². The number of ether oxygens (including phenoxy) is 2. The van der Waals surface area contributed by atoms with Crippen LogP contribution in [0.1, 0.15) is 32.9 Å². The van der Waals surface area contributed by atoms with Gasteiger partial charge in [-0.15, -0.1) is 0 Å². The summed E-state index contributed by atoms with van der Waals surface area (Å²) >= 11 is 0. The average Bonchev–Trinajstić information content (AvgIpc) is 3.24. The molecule has 4 rings (SSSR count). The number of hydrogen-bond acceptors (Lipinski definition) is 6. The lowest BCUT2D eigenvalue weighted by atomic mass is 9.96. The highest BCUT2D eigenvalue weighted by Gasteiger charge is 2.22. The molecule has 0 amide bonds. The third kappa shape index (κ3) is 4.48. The Morgan fingerprint density at radius 1 is 0.968 bits per heavy atom. The first kappa shape index (κ1) is 20.3. The fourth-order valence-electron chi connectivity index (χ4n) is 3.21. The van der Waals surface area contributed by atoms with E-state index < -0.39 is 0 Å². The van der Waals surface area contributed by atoms with Gasteiger partial charge in [-0.1, -0.05) is 65.3 Å². The molecule has 0 radical (unpaired) electrons. The number of carbonyl (C=O) groups is 1. The maximum Gasteiger partial charge on any atom is 0.223 e. The molecule has 0 saturated heterocycles. The quantitative estimate of drug-likeness (QED) is 0.388.